The van der Waals surface area contributed by atoms with E-state index >= 15 is 0 Å². The highest BCUT2D eigenvalue weighted by Gasteiger charge is 2.10. The number of aromatic nitrogens is 2. The first kappa shape index (κ1) is 15.4. The molecule has 110 valence electrons. The first-order valence-electron chi connectivity index (χ1n) is 6.99. The summed E-state index contributed by atoms with van der Waals surface area (Å²) in [5.74, 6) is 2.87. The van der Waals surface area contributed by atoms with Crippen LogP contribution in [0.25, 0.3) is 10.2 Å². The predicted octanol–water partition coefficient (Wildman–Crippen LogP) is 3.85. The molecule has 0 unspecified atom stereocenters. The van der Waals surface area contributed by atoms with Crippen LogP contribution in [0, 0.1) is 0 Å². The Morgan fingerprint density at radius 1 is 1.30 bits per heavy atom. The topological polar surface area (TPSA) is 49.8 Å². The summed E-state index contributed by atoms with van der Waals surface area (Å²) >= 11 is 3.65. The van der Waals surface area contributed by atoms with Crippen molar-refractivity contribution in [2.24, 2.45) is 0 Å². The first-order chi connectivity index (χ1) is 9.78. The van der Waals surface area contributed by atoms with Crippen molar-refractivity contribution in [3.8, 4) is 0 Å². The van der Waals surface area contributed by atoms with Gasteiger partial charge in [0, 0.05) is 18.5 Å². The van der Waals surface area contributed by atoms with E-state index in [0.29, 0.717) is 5.95 Å². The molecule has 2 aromatic rings. The molecule has 0 saturated carbocycles. The van der Waals surface area contributed by atoms with E-state index in [1.54, 1.807) is 11.3 Å². The average molecular weight is 310 g/mol. The van der Waals surface area contributed by atoms with Gasteiger partial charge in [-0.3, -0.25) is 0 Å². The lowest BCUT2D eigenvalue weighted by atomic mass is 10.3. The number of nitrogens with zero attached hydrogens (tertiary/aromatic N) is 2. The largest absolute Gasteiger partial charge is 0.369 e. The zero-order valence-electron chi connectivity index (χ0n) is 12.3. The molecule has 0 bridgehead atoms. The third kappa shape index (κ3) is 3.76. The lowest BCUT2D eigenvalue weighted by Crippen LogP contribution is -2.06. The molecule has 0 aliphatic heterocycles. The van der Waals surface area contributed by atoms with Gasteiger partial charge in [0.1, 0.15) is 10.6 Å². The maximum atomic E-state index is 4.55. The van der Waals surface area contributed by atoms with E-state index in [1.165, 1.54) is 23.5 Å². The number of rotatable bonds is 8. The Labute approximate surface area is 128 Å². The number of hydrogen-bond donors (Lipinski definition) is 2. The Morgan fingerprint density at radius 2 is 2.15 bits per heavy atom. The lowest BCUT2D eigenvalue weighted by molar-refractivity contribution is 0.840. The van der Waals surface area contributed by atoms with Crippen molar-refractivity contribution in [2.45, 2.75) is 26.2 Å². The molecule has 0 saturated heterocycles. The van der Waals surface area contributed by atoms with E-state index in [-0.39, 0.29) is 0 Å². The van der Waals surface area contributed by atoms with Crippen molar-refractivity contribution >= 4 is 45.1 Å². The van der Waals surface area contributed by atoms with Gasteiger partial charge in [-0.15, -0.1) is 11.3 Å². The van der Waals surface area contributed by atoms with Crippen molar-refractivity contribution in [1.29, 1.82) is 0 Å². The second-order valence-corrected chi connectivity index (χ2v) is 6.66. The fourth-order valence-corrected chi connectivity index (χ4v) is 3.43. The summed E-state index contributed by atoms with van der Waals surface area (Å²) in [5.41, 5.74) is 0. The molecule has 0 aromatic carbocycles. The molecule has 0 amide bonds. The summed E-state index contributed by atoms with van der Waals surface area (Å²) < 4.78 is 0. The molecule has 0 atom stereocenters. The summed E-state index contributed by atoms with van der Waals surface area (Å²) in [6, 6.07) is 2.21. The zero-order valence-corrected chi connectivity index (χ0v) is 14.0. The van der Waals surface area contributed by atoms with Crippen LogP contribution in [0.3, 0.4) is 0 Å². The molecule has 0 aliphatic carbocycles. The SMILES string of the molecule is CCc1cc2c(NCCCCSC)nc(NC)nc2s1. The van der Waals surface area contributed by atoms with Gasteiger partial charge in [0.2, 0.25) is 5.95 Å². The van der Waals surface area contributed by atoms with Crippen LogP contribution in [0.5, 0.6) is 0 Å². The molecular formula is C14H22N4S2. The van der Waals surface area contributed by atoms with Gasteiger partial charge in [0.15, 0.2) is 0 Å². The van der Waals surface area contributed by atoms with Crippen molar-refractivity contribution < 1.29 is 0 Å². The molecule has 0 spiro atoms. The van der Waals surface area contributed by atoms with Crippen LogP contribution < -0.4 is 10.6 Å². The van der Waals surface area contributed by atoms with Crippen LogP contribution in [-0.2, 0) is 6.42 Å². The van der Waals surface area contributed by atoms with E-state index in [2.05, 4.69) is 39.8 Å². The fourth-order valence-electron chi connectivity index (χ4n) is 1.97. The van der Waals surface area contributed by atoms with Gasteiger partial charge in [-0.05, 0) is 37.3 Å². The third-order valence-corrected chi connectivity index (χ3v) is 4.95. The number of hydrogen-bond acceptors (Lipinski definition) is 6. The maximum Gasteiger partial charge on any atom is 0.225 e. The summed E-state index contributed by atoms with van der Waals surface area (Å²) in [6.45, 7) is 3.14. The van der Waals surface area contributed by atoms with Gasteiger partial charge in [0.05, 0.1) is 5.39 Å². The highest BCUT2D eigenvalue weighted by Crippen LogP contribution is 2.30. The molecule has 2 aromatic heterocycles. The lowest BCUT2D eigenvalue weighted by Gasteiger charge is -2.08. The zero-order chi connectivity index (χ0) is 14.4. The van der Waals surface area contributed by atoms with E-state index in [4.69, 9.17) is 0 Å². The van der Waals surface area contributed by atoms with Gasteiger partial charge in [-0.1, -0.05) is 6.92 Å². The maximum absolute atomic E-state index is 4.55. The van der Waals surface area contributed by atoms with Gasteiger partial charge in [-0.2, -0.15) is 16.7 Å². The number of thiophene rings is 1. The summed E-state index contributed by atoms with van der Waals surface area (Å²) in [4.78, 5) is 11.5. The molecule has 0 aliphatic rings. The highest BCUT2D eigenvalue weighted by atomic mass is 32.2. The Morgan fingerprint density at radius 3 is 2.85 bits per heavy atom. The molecule has 2 rings (SSSR count). The first-order valence-corrected chi connectivity index (χ1v) is 9.20. The Bertz CT molecular complexity index is 553. The minimum absolute atomic E-state index is 0.689. The summed E-state index contributed by atoms with van der Waals surface area (Å²) in [5, 5.41) is 7.65. The monoisotopic (exact) mass is 310 g/mol. The van der Waals surface area contributed by atoms with Gasteiger partial charge in [-0.25, -0.2) is 4.98 Å². The molecule has 4 nitrogen and oxygen atoms in total. The van der Waals surface area contributed by atoms with Crippen LogP contribution in [0.4, 0.5) is 11.8 Å². The Balaban J connectivity index is 2.14. The molecule has 20 heavy (non-hydrogen) atoms. The second-order valence-electron chi connectivity index (χ2n) is 4.56. The molecule has 2 N–H and O–H groups in total. The summed E-state index contributed by atoms with van der Waals surface area (Å²) in [6.07, 6.45) is 5.61. The number of aryl methyl sites for hydroxylation is 1. The number of unbranched alkanes of at least 4 members (excludes halogenated alkanes) is 1. The van der Waals surface area contributed by atoms with Crippen molar-refractivity contribution in [3.63, 3.8) is 0 Å². The number of anilines is 2. The van der Waals surface area contributed by atoms with E-state index in [1.807, 2.05) is 18.8 Å². The van der Waals surface area contributed by atoms with Crippen LogP contribution >= 0.6 is 23.1 Å². The van der Waals surface area contributed by atoms with E-state index < -0.39 is 0 Å². The van der Waals surface area contributed by atoms with Gasteiger partial charge < -0.3 is 10.6 Å². The molecular weight excluding hydrogens is 288 g/mol. The van der Waals surface area contributed by atoms with Crippen molar-refractivity contribution in [2.75, 3.05) is 36.2 Å². The predicted molar refractivity (Wildman–Crippen MR) is 92.4 cm³/mol. The van der Waals surface area contributed by atoms with E-state index in [0.717, 1.165) is 29.0 Å². The molecule has 2 heterocycles. The second kappa shape index (κ2) is 7.69. The standard InChI is InChI=1S/C14H22N4S2/c1-4-10-9-11-12(16-7-5-6-8-19-3)17-14(15-2)18-13(11)20-10/h9H,4-8H2,1-3H3,(H2,15,16,17,18). The minimum Gasteiger partial charge on any atom is -0.369 e. The van der Waals surface area contributed by atoms with Crippen molar-refractivity contribution in [1.82, 2.24) is 9.97 Å². The number of nitrogens with one attached hydrogen (secondary N) is 2. The summed E-state index contributed by atoms with van der Waals surface area (Å²) in [7, 11) is 1.86. The highest BCUT2D eigenvalue weighted by molar-refractivity contribution is 7.98. The van der Waals surface area contributed by atoms with E-state index in [9.17, 15) is 0 Å². The van der Waals surface area contributed by atoms with Gasteiger partial charge >= 0.3 is 0 Å². The van der Waals surface area contributed by atoms with Crippen LogP contribution in [-0.4, -0.2) is 35.6 Å². The number of fused-ring (bicyclic) bond motifs is 1. The molecule has 0 fully saturated rings. The fraction of sp³-hybridized carbons (Fsp3) is 0.571. The number of thioether (sulfide) groups is 1. The third-order valence-electron chi connectivity index (χ3n) is 3.08. The quantitative estimate of drug-likeness (QED) is 0.725. The normalized spacial score (nSPS) is 10.9. The van der Waals surface area contributed by atoms with Crippen LogP contribution in [0.1, 0.15) is 24.6 Å². The van der Waals surface area contributed by atoms with Crippen LogP contribution in [0.2, 0.25) is 0 Å². The van der Waals surface area contributed by atoms with Crippen molar-refractivity contribution in [3.05, 3.63) is 10.9 Å². The Kier molecular flexibility index (Phi) is 5.91. The average Bonchev–Trinajstić information content (AvgIpc) is 2.89. The molecule has 6 heteroatoms. The minimum atomic E-state index is 0.689. The van der Waals surface area contributed by atoms with Crippen LogP contribution in [0.15, 0.2) is 6.07 Å². The smallest absolute Gasteiger partial charge is 0.225 e. The van der Waals surface area contributed by atoms with Gasteiger partial charge in [0.25, 0.3) is 0 Å². The Hall–Kier alpha value is -1.01. The molecule has 0 radical (unpaired) electrons.